The molecule has 0 radical (unpaired) electrons. The lowest BCUT2D eigenvalue weighted by Crippen LogP contribution is -2.32. The van der Waals surface area contributed by atoms with Gasteiger partial charge in [0, 0.05) is 5.75 Å². The van der Waals surface area contributed by atoms with Crippen LogP contribution in [0.4, 0.5) is 5.82 Å². The van der Waals surface area contributed by atoms with Crippen LogP contribution in [0.2, 0.25) is 0 Å². The molecule has 1 aliphatic heterocycles. The molecule has 4 N–H and O–H groups in total. The van der Waals surface area contributed by atoms with E-state index in [9.17, 15) is 10.2 Å². The van der Waals surface area contributed by atoms with E-state index in [2.05, 4.69) is 28.8 Å². The van der Waals surface area contributed by atoms with Crippen LogP contribution in [0.25, 0.3) is 11.2 Å². The molecule has 2 aromatic heterocycles. The normalized spacial score (nSPS) is 28.0. The van der Waals surface area contributed by atoms with Crippen molar-refractivity contribution in [2.45, 2.75) is 38.4 Å². The highest BCUT2D eigenvalue weighted by molar-refractivity contribution is 7.99. The molecule has 0 bridgehead atoms. The first-order valence-electron chi connectivity index (χ1n) is 7.51. The quantitative estimate of drug-likeness (QED) is 0.717. The third kappa shape index (κ3) is 3.14. The number of aromatic nitrogens is 4. The molecule has 0 unspecified atom stereocenters. The summed E-state index contributed by atoms with van der Waals surface area (Å²) in [6, 6.07) is 0. The van der Waals surface area contributed by atoms with Crippen LogP contribution in [-0.4, -0.2) is 59.5 Å². The van der Waals surface area contributed by atoms with Gasteiger partial charge in [0.2, 0.25) is 0 Å². The predicted octanol–water partition coefficient (Wildman–Crippen LogP) is 0.417. The first-order valence-corrected chi connectivity index (χ1v) is 8.67. The van der Waals surface area contributed by atoms with Gasteiger partial charge in [-0.1, -0.05) is 13.8 Å². The molecule has 0 aromatic carbocycles. The summed E-state index contributed by atoms with van der Waals surface area (Å²) in [5, 5.41) is 20.6. The fourth-order valence-electron chi connectivity index (χ4n) is 2.57. The molecule has 3 rings (SSSR count). The van der Waals surface area contributed by atoms with Crippen molar-refractivity contribution >= 4 is 28.7 Å². The molecular formula is C14H21N5O3S. The fraction of sp³-hybridized carbons (Fsp3) is 0.643. The zero-order chi connectivity index (χ0) is 16.6. The first kappa shape index (κ1) is 16.4. The molecule has 23 heavy (non-hydrogen) atoms. The highest BCUT2D eigenvalue weighted by atomic mass is 32.2. The highest BCUT2D eigenvalue weighted by Gasteiger charge is 2.44. The van der Waals surface area contributed by atoms with E-state index < -0.39 is 24.5 Å². The minimum absolute atomic E-state index is 0.269. The SMILES string of the molecule is CC(C)CSC[C@H]1O[C@@H](n2cnc3c(N)ncnc32)[C@@H](O)[C@@H]1O. The molecule has 1 fully saturated rings. The van der Waals surface area contributed by atoms with Crippen molar-refractivity contribution in [1.82, 2.24) is 19.5 Å². The van der Waals surface area contributed by atoms with Crippen LogP contribution < -0.4 is 5.73 Å². The van der Waals surface area contributed by atoms with Crippen LogP contribution in [0.3, 0.4) is 0 Å². The lowest BCUT2D eigenvalue weighted by Gasteiger charge is -2.16. The lowest BCUT2D eigenvalue weighted by atomic mass is 10.1. The van der Waals surface area contributed by atoms with Gasteiger partial charge < -0.3 is 20.7 Å². The van der Waals surface area contributed by atoms with Gasteiger partial charge in [0.05, 0.1) is 12.4 Å². The minimum Gasteiger partial charge on any atom is -0.387 e. The van der Waals surface area contributed by atoms with Crippen LogP contribution >= 0.6 is 11.8 Å². The Bertz CT molecular complexity index is 679. The van der Waals surface area contributed by atoms with E-state index in [1.807, 2.05) is 0 Å². The van der Waals surface area contributed by atoms with E-state index in [-0.39, 0.29) is 5.82 Å². The summed E-state index contributed by atoms with van der Waals surface area (Å²) in [6.07, 6.45) is -0.336. The zero-order valence-corrected chi connectivity index (χ0v) is 13.8. The van der Waals surface area contributed by atoms with Crippen molar-refractivity contribution in [3.8, 4) is 0 Å². The molecule has 2 aromatic rings. The van der Waals surface area contributed by atoms with Gasteiger partial charge in [0.25, 0.3) is 0 Å². The summed E-state index contributed by atoms with van der Waals surface area (Å²) in [7, 11) is 0. The molecule has 0 spiro atoms. The summed E-state index contributed by atoms with van der Waals surface area (Å²) in [4.78, 5) is 12.2. The number of aliphatic hydroxyl groups is 2. The van der Waals surface area contributed by atoms with Gasteiger partial charge in [-0.3, -0.25) is 4.57 Å². The van der Waals surface area contributed by atoms with Crippen LogP contribution in [-0.2, 0) is 4.74 Å². The Hall–Kier alpha value is -1.42. The molecule has 9 heteroatoms. The minimum atomic E-state index is -1.05. The smallest absolute Gasteiger partial charge is 0.167 e. The Morgan fingerprint density at radius 3 is 2.83 bits per heavy atom. The number of nitrogen functional groups attached to an aromatic ring is 1. The van der Waals surface area contributed by atoms with Crippen molar-refractivity contribution < 1.29 is 14.9 Å². The fourth-order valence-corrected chi connectivity index (χ4v) is 3.69. The summed E-state index contributed by atoms with van der Waals surface area (Å²) in [5.74, 6) is 2.43. The summed E-state index contributed by atoms with van der Waals surface area (Å²) in [6.45, 7) is 4.27. The van der Waals surface area contributed by atoms with Crippen LogP contribution in [0, 0.1) is 5.92 Å². The number of hydrogen-bond donors (Lipinski definition) is 3. The zero-order valence-electron chi connectivity index (χ0n) is 13.0. The van der Waals surface area contributed by atoms with E-state index in [0.717, 1.165) is 5.75 Å². The summed E-state index contributed by atoms with van der Waals surface area (Å²) < 4.78 is 7.45. The Labute approximate surface area is 138 Å². The third-order valence-electron chi connectivity index (χ3n) is 3.73. The van der Waals surface area contributed by atoms with Crippen molar-refractivity contribution in [2.75, 3.05) is 17.2 Å². The number of ether oxygens (including phenoxy) is 1. The monoisotopic (exact) mass is 339 g/mol. The number of nitrogens with zero attached hydrogens (tertiary/aromatic N) is 4. The van der Waals surface area contributed by atoms with E-state index in [4.69, 9.17) is 10.5 Å². The number of hydrogen-bond acceptors (Lipinski definition) is 8. The van der Waals surface area contributed by atoms with E-state index >= 15 is 0 Å². The topological polar surface area (TPSA) is 119 Å². The second kappa shape index (κ2) is 6.60. The van der Waals surface area contributed by atoms with Crippen LogP contribution in [0.5, 0.6) is 0 Å². The number of fused-ring (bicyclic) bond motifs is 1. The highest BCUT2D eigenvalue weighted by Crippen LogP contribution is 2.33. The third-order valence-corrected chi connectivity index (χ3v) is 5.20. The number of rotatable bonds is 5. The van der Waals surface area contributed by atoms with Gasteiger partial charge in [-0.05, 0) is 11.7 Å². The Morgan fingerprint density at radius 2 is 2.09 bits per heavy atom. The molecule has 126 valence electrons. The molecule has 4 atom stereocenters. The standard InChI is InChI=1S/C14H21N5O3S/c1-7(2)3-23-4-8-10(20)11(21)14(22-8)19-6-18-9-12(15)16-5-17-13(9)19/h5-8,10-11,14,20-21H,3-4H2,1-2H3,(H2,15,16,17)/t8-,10-,11+,14-/m1/s1. The molecule has 8 nitrogen and oxygen atoms in total. The average Bonchev–Trinajstić information content (AvgIpc) is 3.04. The maximum absolute atomic E-state index is 10.3. The number of imidazole rings is 1. The van der Waals surface area contributed by atoms with Gasteiger partial charge in [-0.25, -0.2) is 15.0 Å². The largest absolute Gasteiger partial charge is 0.387 e. The maximum Gasteiger partial charge on any atom is 0.167 e. The van der Waals surface area contributed by atoms with Crippen LogP contribution in [0.1, 0.15) is 20.1 Å². The molecule has 3 heterocycles. The molecule has 1 saturated heterocycles. The lowest BCUT2D eigenvalue weighted by molar-refractivity contribution is -0.0289. The van der Waals surface area contributed by atoms with Crippen molar-refractivity contribution in [1.29, 1.82) is 0 Å². The second-order valence-corrected chi connectivity index (χ2v) is 7.14. The predicted molar refractivity (Wildman–Crippen MR) is 87.8 cm³/mol. The number of nitrogens with two attached hydrogens (primary N) is 1. The van der Waals surface area contributed by atoms with Gasteiger partial charge in [0.1, 0.15) is 24.1 Å². The average molecular weight is 339 g/mol. The summed E-state index contributed by atoms with van der Waals surface area (Å²) >= 11 is 1.70. The molecule has 0 amide bonds. The molecule has 0 saturated carbocycles. The molecule has 1 aliphatic rings. The van der Waals surface area contributed by atoms with Crippen molar-refractivity contribution in [3.05, 3.63) is 12.7 Å². The van der Waals surface area contributed by atoms with Crippen LogP contribution in [0.15, 0.2) is 12.7 Å². The van der Waals surface area contributed by atoms with E-state index in [1.165, 1.54) is 12.7 Å². The first-order chi connectivity index (χ1) is 11.0. The molecule has 0 aliphatic carbocycles. The Balaban J connectivity index is 1.78. The Morgan fingerprint density at radius 1 is 1.30 bits per heavy atom. The Kier molecular flexibility index (Phi) is 4.72. The van der Waals surface area contributed by atoms with Crippen molar-refractivity contribution in [2.24, 2.45) is 5.92 Å². The number of aliphatic hydroxyl groups excluding tert-OH is 2. The number of anilines is 1. The number of thioether (sulfide) groups is 1. The second-order valence-electron chi connectivity index (χ2n) is 6.06. The van der Waals surface area contributed by atoms with Crippen molar-refractivity contribution in [3.63, 3.8) is 0 Å². The van der Waals surface area contributed by atoms with E-state index in [0.29, 0.717) is 22.8 Å². The maximum atomic E-state index is 10.3. The summed E-state index contributed by atoms with van der Waals surface area (Å²) in [5.41, 5.74) is 6.70. The van der Waals surface area contributed by atoms with Gasteiger partial charge in [-0.15, -0.1) is 0 Å². The van der Waals surface area contributed by atoms with E-state index in [1.54, 1.807) is 16.3 Å². The van der Waals surface area contributed by atoms with Gasteiger partial charge in [0.15, 0.2) is 17.7 Å². The van der Waals surface area contributed by atoms with Gasteiger partial charge in [-0.2, -0.15) is 11.8 Å². The molecular weight excluding hydrogens is 318 g/mol. The van der Waals surface area contributed by atoms with Gasteiger partial charge >= 0.3 is 0 Å².